The van der Waals surface area contributed by atoms with Crippen molar-refractivity contribution in [2.24, 2.45) is 0 Å². The van der Waals surface area contributed by atoms with Crippen LogP contribution in [0.1, 0.15) is 39.8 Å². The third kappa shape index (κ3) is 4.02. The van der Waals surface area contributed by atoms with Crippen LogP contribution in [0.3, 0.4) is 0 Å². The Kier molecular flexibility index (Phi) is 5.24. The molecule has 1 amide bonds. The highest BCUT2D eigenvalue weighted by molar-refractivity contribution is 6.08. The maximum Gasteiger partial charge on any atom is 0.280 e. The lowest BCUT2D eigenvalue weighted by molar-refractivity contribution is 0.101. The summed E-state index contributed by atoms with van der Waals surface area (Å²) in [5.41, 5.74) is 0.950. The Bertz CT molecular complexity index is 1280. The Labute approximate surface area is 174 Å². The van der Waals surface area contributed by atoms with Gasteiger partial charge in [-0.3, -0.25) is 9.59 Å². The molecule has 0 fully saturated rings. The molecule has 156 valence electrons. The fraction of sp³-hybridized carbons (Fsp3) is 0.0909. The zero-order valence-electron chi connectivity index (χ0n) is 16.1. The lowest BCUT2D eigenvalue weighted by Gasteiger charge is -2.09. The predicted octanol–water partition coefficient (Wildman–Crippen LogP) is 4.93. The van der Waals surface area contributed by atoms with Crippen LogP contribution in [-0.4, -0.2) is 26.3 Å². The van der Waals surface area contributed by atoms with Crippen LogP contribution >= 0.6 is 0 Å². The molecular formula is C22H15F3N4O2. The molecule has 6 nitrogen and oxygen atoms in total. The van der Waals surface area contributed by atoms with E-state index < -0.39 is 23.8 Å². The zero-order valence-corrected chi connectivity index (χ0v) is 16.1. The van der Waals surface area contributed by atoms with Crippen molar-refractivity contribution in [2.45, 2.75) is 13.3 Å². The average molecular weight is 424 g/mol. The molecule has 0 radical (unpaired) electrons. The summed E-state index contributed by atoms with van der Waals surface area (Å²) in [7, 11) is 0. The highest BCUT2D eigenvalue weighted by Gasteiger charge is 2.21. The Morgan fingerprint density at radius 3 is 2.32 bits per heavy atom. The van der Waals surface area contributed by atoms with Gasteiger partial charge in [0.15, 0.2) is 11.4 Å². The van der Waals surface area contributed by atoms with Crippen LogP contribution < -0.4 is 5.32 Å². The van der Waals surface area contributed by atoms with Gasteiger partial charge in [-0.05, 0) is 61.5 Å². The zero-order chi connectivity index (χ0) is 22.1. The summed E-state index contributed by atoms with van der Waals surface area (Å²) in [6.45, 7) is 1.43. The van der Waals surface area contributed by atoms with Gasteiger partial charge in [-0.1, -0.05) is 0 Å². The number of alkyl halides is 2. The van der Waals surface area contributed by atoms with E-state index in [1.165, 1.54) is 31.2 Å². The fourth-order valence-corrected chi connectivity index (χ4v) is 3.06. The van der Waals surface area contributed by atoms with E-state index in [0.29, 0.717) is 16.8 Å². The Morgan fingerprint density at radius 2 is 1.71 bits per heavy atom. The number of benzene rings is 2. The second-order valence-corrected chi connectivity index (χ2v) is 6.76. The van der Waals surface area contributed by atoms with Crippen molar-refractivity contribution in [1.29, 1.82) is 0 Å². The number of nitrogens with zero attached hydrogens (tertiary/aromatic N) is 3. The van der Waals surface area contributed by atoms with E-state index in [4.69, 9.17) is 0 Å². The minimum absolute atomic E-state index is 0.0125. The van der Waals surface area contributed by atoms with Gasteiger partial charge in [-0.25, -0.2) is 22.7 Å². The minimum Gasteiger partial charge on any atom is -0.322 e. The summed E-state index contributed by atoms with van der Waals surface area (Å²) < 4.78 is 41.4. The van der Waals surface area contributed by atoms with Crippen LogP contribution in [0.5, 0.6) is 0 Å². The molecule has 4 aromatic rings. The highest BCUT2D eigenvalue weighted by atomic mass is 19.3. The van der Waals surface area contributed by atoms with Crippen molar-refractivity contribution in [3.8, 4) is 11.3 Å². The second-order valence-electron chi connectivity index (χ2n) is 6.76. The topological polar surface area (TPSA) is 76.4 Å². The molecule has 0 aliphatic carbocycles. The first-order valence-electron chi connectivity index (χ1n) is 9.18. The number of fused-ring (bicyclic) bond motifs is 1. The van der Waals surface area contributed by atoms with Crippen LogP contribution in [0.4, 0.5) is 18.9 Å². The van der Waals surface area contributed by atoms with Crippen LogP contribution in [0.25, 0.3) is 16.9 Å². The number of amides is 1. The molecular weight excluding hydrogens is 409 g/mol. The molecule has 2 aromatic heterocycles. The molecule has 0 spiro atoms. The number of ketones is 1. The van der Waals surface area contributed by atoms with Gasteiger partial charge in [0.2, 0.25) is 0 Å². The fourth-order valence-electron chi connectivity index (χ4n) is 3.06. The van der Waals surface area contributed by atoms with Gasteiger partial charge in [-0.2, -0.15) is 5.10 Å². The molecule has 2 aromatic carbocycles. The normalized spacial score (nSPS) is 11.1. The number of anilines is 1. The van der Waals surface area contributed by atoms with Gasteiger partial charge in [0.05, 0.1) is 11.9 Å². The van der Waals surface area contributed by atoms with Crippen molar-refractivity contribution in [3.63, 3.8) is 0 Å². The summed E-state index contributed by atoms with van der Waals surface area (Å²) in [5.74, 6) is -1.19. The quantitative estimate of drug-likeness (QED) is 0.461. The van der Waals surface area contributed by atoms with Crippen molar-refractivity contribution in [3.05, 3.63) is 83.4 Å². The second kappa shape index (κ2) is 8.02. The number of nitrogens with one attached hydrogen (secondary N) is 1. The summed E-state index contributed by atoms with van der Waals surface area (Å²) in [5, 5.41) is 6.53. The summed E-state index contributed by atoms with van der Waals surface area (Å²) in [4.78, 5) is 28.5. The smallest absolute Gasteiger partial charge is 0.280 e. The minimum atomic E-state index is -2.88. The van der Waals surface area contributed by atoms with E-state index in [0.717, 1.165) is 16.8 Å². The number of Topliss-reactive ketones (excluding diaryl/α,β-unsaturated/α-hetero) is 1. The number of rotatable bonds is 5. The van der Waals surface area contributed by atoms with Gasteiger partial charge in [0.1, 0.15) is 17.1 Å². The van der Waals surface area contributed by atoms with E-state index in [2.05, 4.69) is 15.4 Å². The van der Waals surface area contributed by atoms with Crippen LogP contribution in [0.2, 0.25) is 0 Å². The van der Waals surface area contributed by atoms with Crippen molar-refractivity contribution in [1.82, 2.24) is 14.6 Å². The number of halogens is 3. The summed E-state index contributed by atoms with van der Waals surface area (Å²) >= 11 is 0. The van der Waals surface area contributed by atoms with E-state index in [-0.39, 0.29) is 22.7 Å². The van der Waals surface area contributed by atoms with E-state index >= 15 is 0 Å². The first kappa shape index (κ1) is 20.3. The van der Waals surface area contributed by atoms with E-state index in [9.17, 15) is 22.8 Å². The molecule has 0 saturated carbocycles. The Balaban J connectivity index is 1.74. The molecule has 1 N–H and O–H groups in total. The summed E-state index contributed by atoms with van der Waals surface area (Å²) in [6.07, 6.45) is -1.72. The summed E-state index contributed by atoms with van der Waals surface area (Å²) in [6, 6.07) is 12.6. The molecule has 2 heterocycles. The molecule has 0 unspecified atom stereocenters. The number of carbonyl (C=O) groups excluding carboxylic acids is 2. The molecule has 0 aliphatic rings. The van der Waals surface area contributed by atoms with Crippen LogP contribution in [0, 0.1) is 5.82 Å². The first-order valence-corrected chi connectivity index (χ1v) is 9.18. The number of hydrogen-bond acceptors (Lipinski definition) is 4. The third-order valence-corrected chi connectivity index (χ3v) is 4.66. The van der Waals surface area contributed by atoms with Crippen molar-refractivity contribution in [2.75, 3.05) is 5.32 Å². The first-order chi connectivity index (χ1) is 14.8. The van der Waals surface area contributed by atoms with Gasteiger partial charge < -0.3 is 5.32 Å². The lowest BCUT2D eigenvalue weighted by Crippen LogP contribution is -2.13. The van der Waals surface area contributed by atoms with Crippen LogP contribution in [-0.2, 0) is 0 Å². The average Bonchev–Trinajstić information content (AvgIpc) is 3.18. The van der Waals surface area contributed by atoms with Gasteiger partial charge in [0, 0.05) is 16.8 Å². The maximum absolute atomic E-state index is 13.6. The van der Waals surface area contributed by atoms with Crippen molar-refractivity contribution >= 4 is 23.0 Å². The molecule has 31 heavy (non-hydrogen) atoms. The van der Waals surface area contributed by atoms with Gasteiger partial charge >= 0.3 is 0 Å². The molecule has 0 atom stereocenters. The molecule has 0 bridgehead atoms. The van der Waals surface area contributed by atoms with Crippen molar-refractivity contribution < 1.29 is 22.8 Å². The lowest BCUT2D eigenvalue weighted by atomic mass is 10.1. The number of carbonyl (C=O) groups is 2. The SMILES string of the molecule is CC(=O)c1ccc(NC(=O)c2cnn3c(C(F)F)cc(-c4ccc(F)cc4)nc23)cc1. The molecule has 0 saturated heterocycles. The largest absolute Gasteiger partial charge is 0.322 e. The Morgan fingerprint density at radius 1 is 1.03 bits per heavy atom. The molecule has 0 aliphatic heterocycles. The van der Waals surface area contributed by atoms with Gasteiger partial charge in [0.25, 0.3) is 12.3 Å². The van der Waals surface area contributed by atoms with Gasteiger partial charge in [-0.15, -0.1) is 0 Å². The monoisotopic (exact) mass is 424 g/mol. The predicted molar refractivity (Wildman–Crippen MR) is 108 cm³/mol. The van der Waals surface area contributed by atoms with Crippen LogP contribution in [0.15, 0.2) is 60.8 Å². The number of hydrogen-bond donors (Lipinski definition) is 1. The van der Waals surface area contributed by atoms with E-state index in [1.807, 2.05) is 0 Å². The third-order valence-electron chi connectivity index (χ3n) is 4.66. The Hall–Kier alpha value is -4.01. The van der Waals surface area contributed by atoms with E-state index in [1.54, 1.807) is 24.3 Å². The number of aromatic nitrogens is 3. The highest BCUT2D eigenvalue weighted by Crippen LogP contribution is 2.27. The maximum atomic E-state index is 13.6. The molecule has 9 heteroatoms. The molecule has 4 rings (SSSR count). The standard InChI is InChI=1S/C22H15F3N4O2/c1-12(30)13-4-8-16(9-5-13)27-22(31)17-11-26-29-19(20(24)25)10-18(28-21(17)29)14-2-6-15(23)7-3-14/h2-11,20H,1H3,(H,27,31).